The van der Waals surface area contributed by atoms with E-state index in [1.807, 2.05) is 11.1 Å². The fraction of sp³-hybridized carbons (Fsp3) is 0.333. The molecule has 162 valence electrons. The molecule has 0 spiro atoms. The van der Waals surface area contributed by atoms with Crippen LogP contribution in [0.3, 0.4) is 0 Å². The molecule has 10 heteroatoms. The number of aryl methyl sites for hydroxylation is 1. The average Bonchev–Trinajstić information content (AvgIpc) is 3.35. The number of alkyl halides is 3. The van der Waals surface area contributed by atoms with Crippen molar-refractivity contribution in [1.29, 1.82) is 0 Å². The molecule has 31 heavy (non-hydrogen) atoms. The molecule has 1 aliphatic heterocycles. The van der Waals surface area contributed by atoms with Gasteiger partial charge in [0.2, 0.25) is 5.91 Å². The fourth-order valence-electron chi connectivity index (χ4n) is 3.92. The lowest BCUT2D eigenvalue weighted by Crippen LogP contribution is -2.27. The van der Waals surface area contributed by atoms with Crippen molar-refractivity contribution in [3.05, 3.63) is 71.9 Å². The molecular weight excluding hydrogens is 409 g/mol. The van der Waals surface area contributed by atoms with E-state index in [9.17, 15) is 18.0 Å². The first kappa shape index (κ1) is 21.0. The number of aromatic nitrogens is 4. The summed E-state index contributed by atoms with van der Waals surface area (Å²) < 4.78 is 41.4. The highest BCUT2D eigenvalue weighted by Gasteiger charge is 2.38. The second kappa shape index (κ2) is 8.46. The van der Waals surface area contributed by atoms with Crippen LogP contribution in [0.15, 0.2) is 55.2 Å². The van der Waals surface area contributed by atoms with Gasteiger partial charge in [-0.25, -0.2) is 9.97 Å². The number of benzene rings is 1. The number of anilines is 1. The van der Waals surface area contributed by atoms with Gasteiger partial charge in [-0.15, -0.1) is 0 Å². The van der Waals surface area contributed by atoms with Gasteiger partial charge in [0, 0.05) is 44.1 Å². The minimum atomic E-state index is -4.42. The van der Waals surface area contributed by atoms with Gasteiger partial charge in [0.15, 0.2) is 0 Å². The zero-order chi connectivity index (χ0) is 22.0. The molecule has 1 fully saturated rings. The second-order valence-electron chi connectivity index (χ2n) is 7.61. The van der Waals surface area contributed by atoms with Crippen LogP contribution in [0, 0.1) is 5.92 Å². The minimum Gasteiger partial charge on any atom is -0.310 e. The van der Waals surface area contributed by atoms with E-state index < -0.39 is 17.7 Å². The van der Waals surface area contributed by atoms with E-state index in [2.05, 4.69) is 20.4 Å². The van der Waals surface area contributed by atoms with Crippen molar-refractivity contribution in [3.63, 3.8) is 0 Å². The summed E-state index contributed by atoms with van der Waals surface area (Å²) in [6.45, 7) is 0.888. The Labute approximate surface area is 176 Å². The van der Waals surface area contributed by atoms with E-state index in [4.69, 9.17) is 0 Å². The van der Waals surface area contributed by atoms with E-state index in [1.165, 1.54) is 24.7 Å². The van der Waals surface area contributed by atoms with Crippen LogP contribution in [-0.4, -0.2) is 37.1 Å². The van der Waals surface area contributed by atoms with Gasteiger partial charge in [0.1, 0.15) is 12.1 Å². The monoisotopic (exact) mass is 430 g/mol. The number of carbonyl (C=O) groups excluding carboxylic acids is 1. The molecule has 0 aliphatic carbocycles. The van der Waals surface area contributed by atoms with Gasteiger partial charge in [-0.1, -0.05) is 12.1 Å². The largest absolute Gasteiger partial charge is 0.416 e. The molecule has 2 atom stereocenters. The number of amides is 1. The van der Waals surface area contributed by atoms with Crippen molar-refractivity contribution in [2.45, 2.75) is 25.2 Å². The lowest BCUT2D eigenvalue weighted by Gasteiger charge is -2.24. The van der Waals surface area contributed by atoms with Crippen molar-refractivity contribution < 1.29 is 18.0 Å². The number of nitrogens with one attached hydrogen (secondary N) is 1. The molecule has 0 unspecified atom stereocenters. The Morgan fingerprint density at radius 1 is 1.29 bits per heavy atom. The molecule has 1 saturated heterocycles. The molecule has 0 saturated carbocycles. The van der Waals surface area contributed by atoms with E-state index >= 15 is 0 Å². The maximum absolute atomic E-state index is 13.2. The third kappa shape index (κ3) is 4.91. The number of carbonyl (C=O) groups is 1. The van der Waals surface area contributed by atoms with Crippen LogP contribution in [-0.2, 0) is 24.6 Å². The summed E-state index contributed by atoms with van der Waals surface area (Å²) in [6.07, 6.45) is 2.42. The molecule has 1 aromatic carbocycles. The van der Waals surface area contributed by atoms with Crippen LogP contribution < -0.4 is 5.32 Å². The first-order chi connectivity index (χ1) is 14.8. The van der Waals surface area contributed by atoms with Gasteiger partial charge >= 0.3 is 6.18 Å². The van der Waals surface area contributed by atoms with E-state index in [1.54, 1.807) is 30.1 Å². The summed E-state index contributed by atoms with van der Waals surface area (Å²) in [5.41, 5.74) is 0.771. The van der Waals surface area contributed by atoms with Crippen molar-refractivity contribution in [3.8, 4) is 0 Å². The van der Waals surface area contributed by atoms with Crippen molar-refractivity contribution in [2.75, 3.05) is 11.9 Å². The number of rotatable bonds is 5. The highest BCUT2D eigenvalue weighted by Crippen LogP contribution is 2.39. The van der Waals surface area contributed by atoms with E-state index in [0.29, 0.717) is 30.9 Å². The summed E-state index contributed by atoms with van der Waals surface area (Å²) in [7, 11) is 1.80. The Bertz CT molecular complexity index is 1050. The Hall–Kier alpha value is -3.27. The molecule has 3 heterocycles. The first-order valence-corrected chi connectivity index (χ1v) is 9.75. The lowest BCUT2D eigenvalue weighted by atomic mass is 9.97. The van der Waals surface area contributed by atoms with Gasteiger partial charge in [-0.2, -0.15) is 18.3 Å². The van der Waals surface area contributed by atoms with Crippen LogP contribution in [0.5, 0.6) is 0 Å². The summed E-state index contributed by atoms with van der Waals surface area (Å²) in [5, 5.41) is 6.93. The number of hydrogen-bond acceptors (Lipinski definition) is 5. The number of hydrogen-bond donors (Lipinski definition) is 1. The smallest absolute Gasteiger partial charge is 0.310 e. The molecule has 1 amide bonds. The van der Waals surface area contributed by atoms with Gasteiger partial charge in [0.25, 0.3) is 0 Å². The fourth-order valence-corrected chi connectivity index (χ4v) is 3.92. The zero-order valence-corrected chi connectivity index (χ0v) is 16.8. The minimum absolute atomic E-state index is 0.218. The maximum atomic E-state index is 13.2. The molecule has 0 bridgehead atoms. The van der Waals surface area contributed by atoms with Crippen molar-refractivity contribution >= 4 is 11.7 Å². The molecule has 1 aliphatic rings. The number of likely N-dealkylation sites (tertiary alicyclic amines) is 1. The van der Waals surface area contributed by atoms with E-state index in [0.717, 1.165) is 11.6 Å². The zero-order valence-electron chi connectivity index (χ0n) is 16.8. The normalized spacial score (nSPS) is 19.5. The highest BCUT2D eigenvalue weighted by molar-refractivity contribution is 5.92. The highest BCUT2D eigenvalue weighted by atomic mass is 19.4. The Kier molecular flexibility index (Phi) is 5.73. The Morgan fingerprint density at radius 3 is 2.81 bits per heavy atom. The SMILES string of the molecule is Cn1cc(CN2C[C@H](C(=O)Nc3ccncn3)C[C@@H]2c2cccc(C(F)(F)F)c2)cn1. The summed E-state index contributed by atoms with van der Waals surface area (Å²) >= 11 is 0. The maximum Gasteiger partial charge on any atom is 0.416 e. The lowest BCUT2D eigenvalue weighted by molar-refractivity contribution is -0.137. The van der Waals surface area contributed by atoms with Crippen molar-refractivity contribution in [2.24, 2.45) is 13.0 Å². The average molecular weight is 430 g/mol. The second-order valence-corrected chi connectivity index (χ2v) is 7.61. The molecule has 4 rings (SSSR count). The molecule has 7 nitrogen and oxygen atoms in total. The quantitative estimate of drug-likeness (QED) is 0.671. The number of halogens is 3. The topological polar surface area (TPSA) is 75.9 Å². The summed E-state index contributed by atoms with van der Waals surface area (Å²) in [4.78, 5) is 22.7. The van der Waals surface area contributed by atoms with Crippen LogP contribution >= 0.6 is 0 Å². The van der Waals surface area contributed by atoms with Gasteiger partial charge in [-0.05, 0) is 30.2 Å². The predicted molar refractivity (Wildman–Crippen MR) is 107 cm³/mol. The number of nitrogens with zero attached hydrogens (tertiary/aromatic N) is 5. The van der Waals surface area contributed by atoms with Crippen LogP contribution in [0.4, 0.5) is 19.0 Å². The van der Waals surface area contributed by atoms with Gasteiger partial charge in [0.05, 0.1) is 17.7 Å². The molecule has 1 N–H and O–H groups in total. The van der Waals surface area contributed by atoms with Crippen LogP contribution in [0.25, 0.3) is 0 Å². The first-order valence-electron chi connectivity index (χ1n) is 9.75. The molecule has 0 radical (unpaired) electrons. The Morgan fingerprint density at radius 2 is 2.13 bits per heavy atom. The van der Waals surface area contributed by atoms with Crippen molar-refractivity contribution in [1.82, 2.24) is 24.6 Å². The van der Waals surface area contributed by atoms with Gasteiger partial charge < -0.3 is 5.32 Å². The van der Waals surface area contributed by atoms with Gasteiger partial charge in [-0.3, -0.25) is 14.4 Å². The van der Waals surface area contributed by atoms with Crippen LogP contribution in [0.1, 0.15) is 29.2 Å². The summed E-state index contributed by atoms with van der Waals surface area (Å²) in [6, 6.07) is 6.58. The summed E-state index contributed by atoms with van der Waals surface area (Å²) in [5.74, 6) is -0.225. The molecule has 3 aromatic rings. The molecular formula is C21H21F3N6O. The third-order valence-electron chi connectivity index (χ3n) is 5.35. The Balaban J connectivity index is 1.58. The van der Waals surface area contributed by atoms with E-state index in [-0.39, 0.29) is 11.9 Å². The predicted octanol–water partition coefficient (Wildman–Crippen LogP) is 3.43. The third-order valence-corrected chi connectivity index (χ3v) is 5.35. The molecule has 2 aromatic heterocycles. The van der Waals surface area contributed by atoms with Crippen LogP contribution in [0.2, 0.25) is 0 Å². The standard InChI is InChI=1S/C21H21F3N6O/c1-29-10-14(9-27-29)11-30-12-16(20(31)28-19-5-6-25-13-26-19)8-18(30)15-3-2-4-17(7-15)21(22,23)24/h2-7,9-10,13,16,18H,8,11-12H2,1H3,(H,25,26,28,31)/t16-,18-/m1/s1.